The third-order valence-electron chi connectivity index (χ3n) is 5.55. The predicted octanol–water partition coefficient (Wildman–Crippen LogP) is 7.56. The molecule has 0 spiro atoms. The summed E-state index contributed by atoms with van der Waals surface area (Å²) in [7, 11) is 0. The molecule has 2 nitrogen and oxygen atoms in total. The van der Waals surface area contributed by atoms with Crippen LogP contribution in [-0.2, 0) is 6.42 Å². The Morgan fingerprint density at radius 2 is 1.90 bits per heavy atom. The number of aryl methyl sites for hydroxylation is 1. The predicted molar refractivity (Wildman–Crippen MR) is 124 cm³/mol. The summed E-state index contributed by atoms with van der Waals surface area (Å²) >= 11 is 0. The average molecular weight is 388 g/mol. The molecule has 1 fully saturated rings. The smallest absolute Gasteiger partial charge is 0.213 e. The van der Waals surface area contributed by atoms with Crippen LogP contribution in [0.25, 0.3) is 16.7 Å². The van der Waals surface area contributed by atoms with Gasteiger partial charge in [0, 0.05) is 17.8 Å². The standard InChI is InChI=1S/C27H33NO/c1-5-8-13-25(20(4)10-6-2)26-16-14-22(18-21(26)7-3)23-15-17-27(28-19-23)29-24-11-9-12-24/h6,8,10,13-19,24H,5,7,9,11-12H2,1-4H3/b10-6-,13-8+,25-20+. The molecular formula is C27H33NO. The van der Waals surface area contributed by atoms with E-state index in [0.717, 1.165) is 37.1 Å². The first-order valence-corrected chi connectivity index (χ1v) is 10.9. The lowest BCUT2D eigenvalue weighted by molar-refractivity contribution is 0.114. The summed E-state index contributed by atoms with van der Waals surface area (Å²) in [5.41, 5.74) is 7.60. The third kappa shape index (κ3) is 5.26. The van der Waals surface area contributed by atoms with Crippen molar-refractivity contribution in [2.75, 3.05) is 0 Å². The normalized spacial score (nSPS) is 15.6. The molecule has 2 heteroatoms. The molecule has 1 aromatic heterocycles. The van der Waals surface area contributed by atoms with Crippen LogP contribution in [0, 0.1) is 0 Å². The summed E-state index contributed by atoms with van der Waals surface area (Å²) in [5, 5.41) is 0. The van der Waals surface area contributed by atoms with E-state index in [9.17, 15) is 0 Å². The Morgan fingerprint density at radius 1 is 1.10 bits per heavy atom. The van der Waals surface area contributed by atoms with Crippen molar-refractivity contribution in [3.8, 4) is 17.0 Å². The van der Waals surface area contributed by atoms with E-state index < -0.39 is 0 Å². The Balaban J connectivity index is 1.91. The van der Waals surface area contributed by atoms with Crippen LogP contribution in [0.5, 0.6) is 5.88 Å². The first-order valence-electron chi connectivity index (χ1n) is 10.9. The Bertz CT molecular complexity index is 899. The minimum absolute atomic E-state index is 0.362. The van der Waals surface area contributed by atoms with Crippen LogP contribution in [0.1, 0.15) is 64.5 Å². The highest BCUT2D eigenvalue weighted by Crippen LogP contribution is 2.31. The molecule has 1 saturated carbocycles. The number of hydrogen-bond acceptors (Lipinski definition) is 2. The number of ether oxygens (including phenoxy) is 1. The van der Waals surface area contributed by atoms with Crippen molar-refractivity contribution >= 4 is 5.57 Å². The fourth-order valence-electron chi connectivity index (χ4n) is 3.62. The lowest BCUT2D eigenvalue weighted by Crippen LogP contribution is -2.24. The number of aromatic nitrogens is 1. The molecule has 0 bridgehead atoms. The number of rotatable bonds is 8. The monoisotopic (exact) mass is 387 g/mol. The Morgan fingerprint density at radius 3 is 2.48 bits per heavy atom. The zero-order valence-electron chi connectivity index (χ0n) is 18.2. The van der Waals surface area contributed by atoms with E-state index in [1.54, 1.807) is 0 Å². The van der Waals surface area contributed by atoms with E-state index in [0.29, 0.717) is 6.10 Å². The van der Waals surface area contributed by atoms with Gasteiger partial charge in [-0.25, -0.2) is 4.98 Å². The van der Waals surface area contributed by atoms with Gasteiger partial charge < -0.3 is 4.74 Å². The highest BCUT2D eigenvalue weighted by Gasteiger charge is 2.19. The van der Waals surface area contributed by atoms with Gasteiger partial charge in [-0.2, -0.15) is 0 Å². The van der Waals surface area contributed by atoms with Crippen LogP contribution < -0.4 is 4.74 Å². The zero-order valence-corrected chi connectivity index (χ0v) is 18.2. The van der Waals surface area contributed by atoms with Gasteiger partial charge >= 0.3 is 0 Å². The first kappa shape index (κ1) is 21.1. The van der Waals surface area contributed by atoms with Crippen LogP contribution >= 0.6 is 0 Å². The molecule has 1 aliphatic rings. The Labute approximate surface area is 176 Å². The minimum Gasteiger partial charge on any atom is -0.474 e. The zero-order chi connectivity index (χ0) is 20.6. The molecule has 1 aliphatic carbocycles. The van der Waals surface area contributed by atoms with E-state index in [4.69, 9.17) is 4.74 Å². The average Bonchev–Trinajstić information content (AvgIpc) is 2.72. The number of pyridine rings is 1. The van der Waals surface area contributed by atoms with Crippen LogP contribution in [0.3, 0.4) is 0 Å². The molecule has 0 N–H and O–H groups in total. The molecule has 3 rings (SSSR count). The molecule has 29 heavy (non-hydrogen) atoms. The van der Waals surface area contributed by atoms with E-state index in [-0.39, 0.29) is 0 Å². The van der Waals surface area contributed by atoms with Crippen LogP contribution in [0.2, 0.25) is 0 Å². The van der Waals surface area contributed by atoms with Gasteiger partial charge in [0.15, 0.2) is 0 Å². The molecule has 0 amide bonds. The molecule has 152 valence electrons. The van der Waals surface area contributed by atoms with Gasteiger partial charge in [0.2, 0.25) is 5.88 Å². The van der Waals surface area contributed by atoms with Crippen molar-refractivity contribution in [1.29, 1.82) is 0 Å². The summed E-state index contributed by atoms with van der Waals surface area (Å²) in [6.07, 6.45) is 16.7. The van der Waals surface area contributed by atoms with E-state index in [1.165, 1.54) is 34.3 Å². The van der Waals surface area contributed by atoms with Crippen LogP contribution in [0.15, 0.2) is 66.4 Å². The van der Waals surface area contributed by atoms with Crippen LogP contribution in [0.4, 0.5) is 0 Å². The minimum atomic E-state index is 0.362. The maximum absolute atomic E-state index is 5.89. The second-order valence-electron chi connectivity index (χ2n) is 7.69. The van der Waals surface area contributed by atoms with Gasteiger partial charge in [-0.05, 0) is 79.9 Å². The largest absolute Gasteiger partial charge is 0.474 e. The maximum Gasteiger partial charge on any atom is 0.213 e. The van der Waals surface area contributed by atoms with Crippen molar-refractivity contribution in [2.45, 2.75) is 65.9 Å². The number of nitrogens with zero attached hydrogens (tertiary/aromatic N) is 1. The Hall–Kier alpha value is -2.61. The highest BCUT2D eigenvalue weighted by atomic mass is 16.5. The summed E-state index contributed by atoms with van der Waals surface area (Å²) in [6, 6.07) is 10.9. The molecule has 0 atom stereocenters. The summed E-state index contributed by atoms with van der Waals surface area (Å²) in [6.45, 7) is 8.66. The number of hydrogen-bond donors (Lipinski definition) is 0. The molecule has 2 aromatic rings. The molecule has 0 radical (unpaired) electrons. The summed E-state index contributed by atoms with van der Waals surface area (Å²) in [5.74, 6) is 0.739. The lowest BCUT2D eigenvalue weighted by atomic mass is 9.91. The van der Waals surface area contributed by atoms with Gasteiger partial charge in [-0.3, -0.25) is 0 Å². The van der Waals surface area contributed by atoms with Crippen molar-refractivity contribution in [3.63, 3.8) is 0 Å². The fourth-order valence-corrected chi connectivity index (χ4v) is 3.62. The quantitative estimate of drug-likeness (QED) is 0.436. The molecule has 0 aliphatic heterocycles. The van der Waals surface area contributed by atoms with Gasteiger partial charge in [0.05, 0.1) is 0 Å². The lowest BCUT2D eigenvalue weighted by Gasteiger charge is -2.25. The van der Waals surface area contributed by atoms with Crippen molar-refractivity contribution in [2.24, 2.45) is 0 Å². The van der Waals surface area contributed by atoms with E-state index in [2.05, 4.69) is 81.2 Å². The first-order chi connectivity index (χ1) is 14.2. The second kappa shape index (κ2) is 10.2. The molecule has 1 heterocycles. The molecular weight excluding hydrogens is 354 g/mol. The van der Waals surface area contributed by atoms with Gasteiger partial charge in [-0.15, -0.1) is 0 Å². The van der Waals surface area contributed by atoms with Crippen molar-refractivity contribution in [1.82, 2.24) is 4.98 Å². The highest BCUT2D eigenvalue weighted by molar-refractivity contribution is 5.81. The number of benzene rings is 1. The van der Waals surface area contributed by atoms with Gasteiger partial charge in [0.1, 0.15) is 6.10 Å². The molecule has 0 saturated heterocycles. The van der Waals surface area contributed by atoms with Gasteiger partial charge in [0.25, 0.3) is 0 Å². The molecule has 1 aromatic carbocycles. The number of allylic oxidation sites excluding steroid dienone is 6. The second-order valence-corrected chi connectivity index (χ2v) is 7.69. The van der Waals surface area contributed by atoms with Crippen molar-refractivity contribution < 1.29 is 4.74 Å². The third-order valence-corrected chi connectivity index (χ3v) is 5.55. The van der Waals surface area contributed by atoms with E-state index in [1.807, 2.05) is 12.3 Å². The Kier molecular flexibility index (Phi) is 7.46. The summed E-state index contributed by atoms with van der Waals surface area (Å²) in [4.78, 5) is 4.53. The van der Waals surface area contributed by atoms with Crippen LogP contribution in [-0.4, -0.2) is 11.1 Å². The van der Waals surface area contributed by atoms with Crippen molar-refractivity contribution in [3.05, 3.63) is 77.5 Å². The maximum atomic E-state index is 5.89. The van der Waals surface area contributed by atoms with E-state index >= 15 is 0 Å². The summed E-state index contributed by atoms with van der Waals surface area (Å²) < 4.78 is 5.89. The van der Waals surface area contributed by atoms with Gasteiger partial charge in [-0.1, -0.05) is 56.4 Å². The molecule has 0 unspecified atom stereocenters. The topological polar surface area (TPSA) is 22.1 Å². The SMILES string of the molecule is C\C=C/C(C)=C(\C=C\CC)c1ccc(-c2ccc(OC3CCC3)nc2)cc1CC. The fraction of sp³-hybridized carbons (Fsp3) is 0.370.